The van der Waals surface area contributed by atoms with E-state index in [-0.39, 0.29) is 6.03 Å². The average Bonchev–Trinajstić information content (AvgIpc) is 3.28. The maximum Gasteiger partial charge on any atom is 0.321 e. The Hall–Kier alpha value is -2.01. The van der Waals surface area contributed by atoms with Crippen molar-refractivity contribution in [3.63, 3.8) is 0 Å². The van der Waals surface area contributed by atoms with Crippen molar-refractivity contribution >= 4 is 22.6 Å². The minimum atomic E-state index is 0.0143. The summed E-state index contributed by atoms with van der Waals surface area (Å²) in [5.74, 6) is 1.22. The molecule has 23 heavy (non-hydrogen) atoms. The summed E-state index contributed by atoms with van der Waals surface area (Å²) >= 11 is 0. The van der Waals surface area contributed by atoms with Crippen LogP contribution in [0.2, 0.25) is 0 Å². The van der Waals surface area contributed by atoms with Crippen LogP contribution in [0.15, 0.2) is 24.4 Å². The van der Waals surface area contributed by atoms with Crippen molar-refractivity contribution in [2.75, 3.05) is 31.6 Å². The molecule has 3 heterocycles. The smallest absolute Gasteiger partial charge is 0.321 e. The molecule has 2 aliphatic rings. The normalized spacial score (nSPS) is 24.5. The highest BCUT2D eigenvalue weighted by Gasteiger charge is 2.33. The van der Waals surface area contributed by atoms with Gasteiger partial charge in [-0.15, -0.1) is 0 Å². The molecule has 2 amide bonds. The number of carbonyl (C=O) groups is 1. The number of H-pyrrole nitrogens is 1. The van der Waals surface area contributed by atoms with E-state index in [4.69, 9.17) is 4.74 Å². The zero-order chi connectivity index (χ0) is 15.8. The van der Waals surface area contributed by atoms with E-state index < -0.39 is 0 Å². The molecule has 1 aromatic carbocycles. The largest absolute Gasteiger partial charge is 0.381 e. The SMILES string of the molecule is Cc1cc2cc[nH]c2cc1NC(=O)N1CCC(C2CCOC2)C1. The second-order valence-electron chi connectivity index (χ2n) is 6.78. The molecule has 2 aromatic rings. The molecule has 0 spiro atoms. The van der Waals surface area contributed by atoms with E-state index in [1.165, 1.54) is 5.39 Å². The van der Waals surface area contributed by atoms with E-state index in [9.17, 15) is 4.79 Å². The molecule has 5 heteroatoms. The van der Waals surface area contributed by atoms with E-state index in [1.807, 2.05) is 30.2 Å². The molecule has 5 nitrogen and oxygen atoms in total. The molecule has 1 aromatic heterocycles. The number of aromatic nitrogens is 1. The third kappa shape index (κ3) is 2.81. The van der Waals surface area contributed by atoms with Gasteiger partial charge in [0, 0.05) is 43.7 Å². The Kier molecular flexibility index (Phi) is 3.73. The number of aryl methyl sites for hydroxylation is 1. The van der Waals surface area contributed by atoms with Crippen molar-refractivity contribution in [1.29, 1.82) is 0 Å². The Morgan fingerprint density at radius 3 is 3.09 bits per heavy atom. The van der Waals surface area contributed by atoms with Gasteiger partial charge in [0.1, 0.15) is 0 Å². The summed E-state index contributed by atoms with van der Waals surface area (Å²) in [6, 6.07) is 6.17. The summed E-state index contributed by atoms with van der Waals surface area (Å²) in [6.07, 6.45) is 4.16. The van der Waals surface area contributed by atoms with Gasteiger partial charge in [-0.2, -0.15) is 0 Å². The van der Waals surface area contributed by atoms with Crippen LogP contribution in [0.3, 0.4) is 0 Å². The third-order valence-corrected chi connectivity index (χ3v) is 5.28. The van der Waals surface area contributed by atoms with Gasteiger partial charge in [0.2, 0.25) is 0 Å². The highest BCUT2D eigenvalue weighted by molar-refractivity contribution is 5.94. The molecule has 2 atom stereocenters. The molecule has 122 valence electrons. The number of likely N-dealkylation sites (tertiary alicyclic amines) is 1. The number of benzene rings is 1. The van der Waals surface area contributed by atoms with Crippen LogP contribution < -0.4 is 5.32 Å². The Labute approximate surface area is 136 Å². The zero-order valence-electron chi connectivity index (χ0n) is 13.5. The standard InChI is InChI=1S/C18H23N3O2/c1-12-8-13-2-5-19-17(13)9-16(12)20-18(22)21-6-3-14(10-21)15-4-7-23-11-15/h2,5,8-9,14-15,19H,3-4,6-7,10-11H2,1H3,(H,20,22). The molecule has 2 unspecified atom stereocenters. The molecule has 2 N–H and O–H groups in total. The number of ether oxygens (including phenoxy) is 1. The van der Waals surface area contributed by atoms with Crippen molar-refractivity contribution in [2.45, 2.75) is 19.8 Å². The monoisotopic (exact) mass is 313 g/mol. The summed E-state index contributed by atoms with van der Waals surface area (Å²) in [7, 11) is 0. The average molecular weight is 313 g/mol. The maximum absolute atomic E-state index is 12.6. The lowest BCUT2D eigenvalue weighted by Gasteiger charge is -2.20. The van der Waals surface area contributed by atoms with Crippen LogP contribution in [0.1, 0.15) is 18.4 Å². The van der Waals surface area contributed by atoms with Crippen LogP contribution in [-0.2, 0) is 4.74 Å². The number of amides is 2. The zero-order valence-corrected chi connectivity index (χ0v) is 13.5. The van der Waals surface area contributed by atoms with Crippen molar-refractivity contribution < 1.29 is 9.53 Å². The van der Waals surface area contributed by atoms with Crippen LogP contribution >= 0.6 is 0 Å². The van der Waals surface area contributed by atoms with Gasteiger partial charge in [-0.25, -0.2) is 4.79 Å². The molecule has 0 aliphatic carbocycles. The van der Waals surface area contributed by atoms with Gasteiger partial charge in [0.25, 0.3) is 0 Å². The number of fused-ring (bicyclic) bond motifs is 1. The first-order valence-corrected chi connectivity index (χ1v) is 8.42. The topological polar surface area (TPSA) is 57.4 Å². The first-order chi connectivity index (χ1) is 11.2. The highest BCUT2D eigenvalue weighted by Crippen LogP contribution is 2.30. The number of anilines is 1. The number of hydrogen-bond acceptors (Lipinski definition) is 2. The van der Waals surface area contributed by atoms with Gasteiger partial charge in [-0.05, 0) is 60.7 Å². The van der Waals surface area contributed by atoms with Crippen molar-refractivity contribution in [1.82, 2.24) is 9.88 Å². The molecular formula is C18H23N3O2. The second-order valence-corrected chi connectivity index (χ2v) is 6.78. The quantitative estimate of drug-likeness (QED) is 0.893. The number of carbonyl (C=O) groups excluding carboxylic acids is 1. The molecule has 0 saturated carbocycles. The van der Waals surface area contributed by atoms with E-state index in [0.29, 0.717) is 11.8 Å². The van der Waals surface area contributed by atoms with Crippen LogP contribution in [0.5, 0.6) is 0 Å². The molecule has 0 radical (unpaired) electrons. The van der Waals surface area contributed by atoms with Gasteiger partial charge < -0.3 is 19.9 Å². The minimum Gasteiger partial charge on any atom is -0.381 e. The second kappa shape index (κ2) is 5.89. The van der Waals surface area contributed by atoms with Gasteiger partial charge in [0.15, 0.2) is 0 Å². The summed E-state index contributed by atoms with van der Waals surface area (Å²) in [6.45, 7) is 5.47. The lowest BCUT2D eigenvalue weighted by atomic mass is 9.91. The number of aromatic amines is 1. The number of nitrogens with one attached hydrogen (secondary N) is 2. The number of hydrogen-bond donors (Lipinski definition) is 2. The molecule has 4 rings (SSSR count). The molecular weight excluding hydrogens is 290 g/mol. The first-order valence-electron chi connectivity index (χ1n) is 8.42. The molecule has 2 saturated heterocycles. The Balaban J connectivity index is 1.43. The maximum atomic E-state index is 12.6. The molecule has 0 bridgehead atoms. The van der Waals surface area contributed by atoms with Crippen molar-refractivity contribution in [2.24, 2.45) is 11.8 Å². The van der Waals surface area contributed by atoms with Crippen molar-refractivity contribution in [3.8, 4) is 0 Å². The van der Waals surface area contributed by atoms with E-state index in [0.717, 1.165) is 55.9 Å². The van der Waals surface area contributed by atoms with Crippen LogP contribution in [-0.4, -0.2) is 42.2 Å². The Morgan fingerprint density at radius 2 is 2.26 bits per heavy atom. The summed E-state index contributed by atoms with van der Waals surface area (Å²) < 4.78 is 5.49. The number of nitrogens with zero attached hydrogens (tertiary/aromatic N) is 1. The summed E-state index contributed by atoms with van der Waals surface area (Å²) in [5, 5.41) is 4.25. The lowest BCUT2D eigenvalue weighted by Crippen LogP contribution is -2.34. The van der Waals surface area contributed by atoms with E-state index in [1.54, 1.807) is 0 Å². The van der Waals surface area contributed by atoms with Gasteiger partial charge in [-0.3, -0.25) is 0 Å². The lowest BCUT2D eigenvalue weighted by molar-refractivity contribution is 0.171. The predicted octanol–water partition coefficient (Wildman–Crippen LogP) is 3.37. The highest BCUT2D eigenvalue weighted by atomic mass is 16.5. The number of rotatable bonds is 2. The Morgan fingerprint density at radius 1 is 1.35 bits per heavy atom. The fraction of sp³-hybridized carbons (Fsp3) is 0.500. The fourth-order valence-electron chi connectivity index (χ4n) is 3.82. The fourth-order valence-corrected chi connectivity index (χ4v) is 3.82. The summed E-state index contributed by atoms with van der Waals surface area (Å²) in [4.78, 5) is 17.7. The van der Waals surface area contributed by atoms with Crippen molar-refractivity contribution in [3.05, 3.63) is 30.0 Å². The third-order valence-electron chi connectivity index (χ3n) is 5.28. The van der Waals surface area contributed by atoms with Crippen LogP contribution in [0, 0.1) is 18.8 Å². The minimum absolute atomic E-state index is 0.0143. The molecule has 2 fully saturated rings. The van der Waals surface area contributed by atoms with Gasteiger partial charge in [-0.1, -0.05) is 0 Å². The van der Waals surface area contributed by atoms with Crippen LogP contribution in [0.4, 0.5) is 10.5 Å². The van der Waals surface area contributed by atoms with Gasteiger partial charge >= 0.3 is 6.03 Å². The van der Waals surface area contributed by atoms with Crippen LogP contribution in [0.25, 0.3) is 10.9 Å². The number of urea groups is 1. The van der Waals surface area contributed by atoms with E-state index >= 15 is 0 Å². The van der Waals surface area contributed by atoms with E-state index in [2.05, 4.69) is 16.4 Å². The Bertz CT molecular complexity index is 718. The first kappa shape index (κ1) is 14.6. The summed E-state index contributed by atoms with van der Waals surface area (Å²) in [5.41, 5.74) is 3.02. The van der Waals surface area contributed by atoms with Gasteiger partial charge in [0.05, 0.1) is 0 Å². The predicted molar refractivity (Wildman–Crippen MR) is 90.7 cm³/mol. The molecule has 2 aliphatic heterocycles.